The Kier molecular flexibility index (Phi) is 4.05. The summed E-state index contributed by atoms with van der Waals surface area (Å²) in [6.45, 7) is 4.45. The molecular weight excluding hydrogens is 241 g/mol. The number of hydrogen-bond acceptors (Lipinski definition) is 2. The molecule has 0 atom stereocenters. The van der Waals surface area contributed by atoms with Crippen LogP contribution in [-0.2, 0) is 6.54 Å². The third-order valence-corrected chi connectivity index (χ3v) is 3.08. The van der Waals surface area contributed by atoms with E-state index >= 15 is 0 Å². The molecule has 0 aliphatic rings. The van der Waals surface area contributed by atoms with Gasteiger partial charge >= 0.3 is 0 Å². The molecule has 0 aliphatic carbocycles. The van der Waals surface area contributed by atoms with Crippen LogP contribution in [0.2, 0.25) is 0 Å². The summed E-state index contributed by atoms with van der Waals surface area (Å²) in [6, 6.07) is 11.1. The molecule has 0 radical (unpaired) electrons. The van der Waals surface area contributed by atoms with Crippen LogP contribution in [0.25, 0.3) is 0 Å². The highest BCUT2D eigenvalue weighted by Crippen LogP contribution is 2.21. The van der Waals surface area contributed by atoms with Crippen molar-refractivity contribution >= 4 is 5.69 Å². The molecule has 0 amide bonds. The quantitative estimate of drug-likeness (QED) is 0.894. The van der Waals surface area contributed by atoms with Gasteiger partial charge in [-0.05, 0) is 43.7 Å². The van der Waals surface area contributed by atoms with Crippen molar-refractivity contribution in [2.24, 2.45) is 0 Å². The number of nitrogens with one attached hydrogen (secondary N) is 1. The van der Waals surface area contributed by atoms with E-state index in [9.17, 15) is 4.39 Å². The van der Waals surface area contributed by atoms with E-state index in [0.29, 0.717) is 12.1 Å². The first kappa shape index (κ1) is 13.4. The summed E-state index contributed by atoms with van der Waals surface area (Å²) in [4.78, 5) is 0. The molecule has 0 aliphatic heterocycles. The molecule has 3 heteroatoms. The van der Waals surface area contributed by atoms with Crippen molar-refractivity contribution in [3.8, 4) is 5.75 Å². The lowest BCUT2D eigenvalue weighted by atomic mass is 10.1. The maximum absolute atomic E-state index is 13.2. The molecule has 1 N–H and O–H groups in total. The van der Waals surface area contributed by atoms with Gasteiger partial charge in [0.2, 0.25) is 0 Å². The molecule has 0 fully saturated rings. The summed E-state index contributed by atoms with van der Waals surface area (Å²) in [5.74, 6) is 0.676. The van der Waals surface area contributed by atoms with Crippen LogP contribution < -0.4 is 10.1 Å². The zero-order valence-electron chi connectivity index (χ0n) is 11.5. The van der Waals surface area contributed by atoms with E-state index in [1.807, 2.05) is 19.1 Å². The first-order chi connectivity index (χ1) is 9.10. The molecule has 100 valence electrons. The maximum Gasteiger partial charge on any atom is 0.126 e. The largest absolute Gasteiger partial charge is 0.496 e. The third kappa shape index (κ3) is 3.25. The van der Waals surface area contributed by atoms with Gasteiger partial charge in [0.05, 0.1) is 7.11 Å². The van der Waals surface area contributed by atoms with E-state index in [1.165, 1.54) is 11.6 Å². The van der Waals surface area contributed by atoms with Gasteiger partial charge in [-0.25, -0.2) is 4.39 Å². The lowest BCUT2D eigenvalue weighted by Gasteiger charge is -2.12. The predicted octanol–water partition coefficient (Wildman–Crippen LogP) is 4.06. The molecule has 0 saturated heterocycles. The smallest absolute Gasteiger partial charge is 0.126 e. The monoisotopic (exact) mass is 259 g/mol. The van der Waals surface area contributed by atoms with Crippen LogP contribution in [0.4, 0.5) is 10.1 Å². The van der Waals surface area contributed by atoms with Crippen molar-refractivity contribution in [2.45, 2.75) is 20.4 Å². The minimum Gasteiger partial charge on any atom is -0.496 e. The number of aryl methyl sites for hydroxylation is 2. The Morgan fingerprint density at radius 1 is 1.11 bits per heavy atom. The summed E-state index contributed by atoms with van der Waals surface area (Å²) >= 11 is 0. The highest BCUT2D eigenvalue weighted by molar-refractivity contribution is 5.48. The average Bonchev–Trinajstić information content (AvgIpc) is 2.40. The lowest BCUT2D eigenvalue weighted by Crippen LogP contribution is -2.02. The van der Waals surface area contributed by atoms with E-state index in [4.69, 9.17) is 4.74 Å². The molecule has 0 unspecified atom stereocenters. The van der Waals surface area contributed by atoms with E-state index in [2.05, 4.69) is 11.4 Å². The molecule has 2 rings (SSSR count). The van der Waals surface area contributed by atoms with Crippen molar-refractivity contribution in [1.82, 2.24) is 0 Å². The summed E-state index contributed by atoms with van der Waals surface area (Å²) in [5, 5.41) is 3.28. The topological polar surface area (TPSA) is 21.3 Å². The number of rotatable bonds is 4. The second-order valence-electron chi connectivity index (χ2n) is 4.63. The number of hydrogen-bond donors (Lipinski definition) is 1. The Morgan fingerprint density at radius 2 is 1.89 bits per heavy atom. The summed E-state index contributed by atoms with van der Waals surface area (Å²) < 4.78 is 18.5. The normalized spacial score (nSPS) is 10.3. The fraction of sp³-hybridized carbons (Fsp3) is 0.250. The van der Waals surface area contributed by atoms with E-state index < -0.39 is 0 Å². The van der Waals surface area contributed by atoms with Crippen molar-refractivity contribution < 1.29 is 9.13 Å². The van der Waals surface area contributed by atoms with Gasteiger partial charge in [0.1, 0.15) is 11.6 Å². The minimum atomic E-state index is -0.182. The predicted molar refractivity (Wildman–Crippen MR) is 76.2 cm³/mol. The van der Waals surface area contributed by atoms with Crippen molar-refractivity contribution in [3.63, 3.8) is 0 Å². The number of benzene rings is 2. The molecule has 2 aromatic carbocycles. The number of methoxy groups -OCH3 is 1. The Hall–Kier alpha value is -2.03. The van der Waals surface area contributed by atoms with Gasteiger partial charge in [0.15, 0.2) is 0 Å². The van der Waals surface area contributed by atoms with Gasteiger partial charge in [0.25, 0.3) is 0 Å². The highest BCUT2D eigenvalue weighted by Gasteiger charge is 2.04. The zero-order valence-corrected chi connectivity index (χ0v) is 11.5. The van der Waals surface area contributed by atoms with E-state index in [1.54, 1.807) is 26.2 Å². The van der Waals surface area contributed by atoms with Crippen molar-refractivity contribution in [3.05, 3.63) is 58.9 Å². The average molecular weight is 259 g/mol. The fourth-order valence-corrected chi connectivity index (χ4v) is 2.00. The molecule has 2 aromatic rings. The van der Waals surface area contributed by atoms with E-state index in [0.717, 1.165) is 17.0 Å². The molecule has 0 heterocycles. The summed E-state index contributed by atoms with van der Waals surface area (Å²) in [5.41, 5.74) is 3.82. The highest BCUT2D eigenvalue weighted by atomic mass is 19.1. The zero-order chi connectivity index (χ0) is 13.8. The fourth-order valence-electron chi connectivity index (χ4n) is 2.00. The van der Waals surface area contributed by atoms with E-state index in [-0.39, 0.29) is 5.82 Å². The van der Waals surface area contributed by atoms with Crippen LogP contribution in [0.5, 0.6) is 5.75 Å². The number of halogens is 1. The number of anilines is 1. The minimum absolute atomic E-state index is 0.182. The molecule has 19 heavy (non-hydrogen) atoms. The Bertz CT molecular complexity index is 581. The van der Waals surface area contributed by atoms with Gasteiger partial charge in [0, 0.05) is 17.8 Å². The van der Waals surface area contributed by atoms with Gasteiger partial charge < -0.3 is 10.1 Å². The van der Waals surface area contributed by atoms with Crippen LogP contribution in [0.1, 0.15) is 16.7 Å². The Morgan fingerprint density at radius 3 is 2.58 bits per heavy atom. The van der Waals surface area contributed by atoms with Crippen molar-refractivity contribution in [1.29, 1.82) is 0 Å². The van der Waals surface area contributed by atoms with Crippen LogP contribution in [0.3, 0.4) is 0 Å². The third-order valence-electron chi connectivity index (χ3n) is 3.08. The first-order valence-electron chi connectivity index (χ1n) is 6.23. The molecule has 2 nitrogen and oxygen atoms in total. The standard InChI is InChI=1S/C16H18FNO/c1-11-4-7-16(19-3)13(8-11)10-18-14-5-6-15(17)12(2)9-14/h4-9,18H,10H2,1-3H3. The molecular formula is C16H18FNO. The van der Waals surface area contributed by atoms with Crippen molar-refractivity contribution in [2.75, 3.05) is 12.4 Å². The summed E-state index contributed by atoms with van der Waals surface area (Å²) in [7, 11) is 1.66. The van der Waals surface area contributed by atoms with Crippen LogP contribution in [0, 0.1) is 19.7 Å². The Balaban J connectivity index is 2.13. The second-order valence-corrected chi connectivity index (χ2v) is 4.63. The second kappa shape index (κ2) is 5.74. The van der Waals surface area contributed by atoms with Gasteiger partial charge in [-0.3, -0.25) is 0 Å². The first-order valence-corrected chi connectivity index (χ1v) is 6.23. The van der Waals surface area contributed by atoms with Crippen LogP contribution in [-0.4, -0.2) is 7.11 Å². The SMILES string of the molecule is COc1ccc(C)cc1CNc1ccc(F)c(C)c1. The lowest BCUT2D eigenvalue weighted by molar-refractivity contribution is 0.410. The summed E-state index contributed by atoms with van der Waals surface area (Å²) in [6.07, 6.45) is 0. The van der Waals surface area contributed by atoms with Crippen LogP contribution >= 0.6 is 0 Å². The Labute approximate surface area is 113 Å². The molecule has 0 spiro atoms. The number of ether oxygens (including phenoxy) is 1. The molecule has 0 aromatic heterocycles. The van der Waals surface area contributed by atoms with Gasteiger partial charge in [-0.2, -0.15) is 0 Å². The molecule has 0 bridgehead atoms. The van der Waals surface area contributed by atoms with Crippen LogP contribution in [0.15, 0.2) is 36.4 Å². The van der Waals surface area contributed by atoms with Gasteiger partial charge in [-0.1, -0.05) is 17.7 Å². The van der Waals surface area contributed by atoms with Gasteiger partial charge in [-0.15, -0.1) is 0 Å². The molecule has 0 saturated carbocycles. The maximum atomic E-state index is 13.2.